The van der Waals surface area contributed by atoms with Gasteiger partial charge in [0.1, 0.15) is 0 Å². The molecule has 0 spiro atoms. The van der Waals surface area contributed by atoms with Crippen LogP contribution < -0.4 is 5.32 Å². The maximum atomic E-state index is 12.5. The van der Waals surface area contributed by atoms with E-state index in [2.05, 4.69) is 55.6 Å². The molecule has 0 unspecified atom stereocenters. The van der Waals surface area contributed by atoms with Crippen LogP contribution in [0.25, 0.3) is 10.9 Å². The molecular formula is C23H34N6O2. The number of nitrogens with one attached hydrogen (secondary N) is 2. The summed E-state index contributed by atoms with van der Waals surface area (Å²) in [5.74, 6) is 1.18. The molecule has 1 aromatic heterocycles. The number of nitrogens with zero attached hydrogens (tertiary/aromatic N) is 4. The summed E-state index contributed by atoms with van der Waals surface area (Å²) >= 11 is 0. The number of piperazine rings is 1. The van der Waals surface area contributed by atoms with Gasteiger partial charge >= 0.3 is 0 Å². The molecule has 0 saturated carbocycles. The molecule has 0 atom stereocenters. The van der Waals surface area contributed by atoms with Crippen molar-refractivity contribution in [1.82, 2.24) is 25.0 Å². The van der Waals surface area contributed by atoms with E-state index in [4.69, 9.17) is 4.74 Å². The molecule has 2 fully saturated rings. The summed E-state index contributed by atoms with van der Waals surface area (Å²) in [4.78, 5) is 26.8. The molecule has 2 aliphatic heterocycles. The van der Waals surface area contributed by atoms with Crippen molar-refractivity contribution in [2.24, 2.45) is 4.99 Å². The minimum atomic E-state index is 0.219. The molecule has 168 valence electrons. The number of amides is 1. The first kappa shape index (κ1) is 21.6. The Morgan fingerprint density at radius 1 is 1.10 bits per heavy atom. The lowest BCUT2D eigenvalue weighted by molar-refractivity contribution is -0.136. The number of carbonyl (C=O) groups excluding carboxylic acids is 1. The first-order chi connectivity index (χ1) is 15.2. The topological polar surface area (TPSA) is 76.2 Å². The SMILES string of the molecule is CN=C(NCCCc1c[nH]c2ccccc12)N1CCN(CC(=O)N2CCOCC2)CC1. The molecule has 8 nitrogen and oxygen atoms in total. The summed E-state index contributed by atoms with van der Waals surface area (Å²) in [7, 11) is 1.84. The Kier molecular flexibility index (Phi) is 7.43. The number of benzene rings is 1. The quantitative estimate of drug-likeness (QED) is 0.412. The van der Waals surface area contributed by atoms with Crippen LogP contribution in [-0.4, -0.2) is 104 Å². The Morgan fingerprint density at radius 2 is 1.87 bits per heavy atom. The zero-order chi connectivity index (χ0) is 21.5. The largest absolute Gasteiger partial charge is 0.378 e. The fourth-order valence-corrected chi connectivity index (χ4v) is 4.37. The van der Waals surface area contributed by atoms with Crippen LogP contribution in [0.15, 0.2) is 35.5 Å². The molecule has 0 bridgehead atoms. The van der Waals surface area contributed by atoms with E-state index in [1.165, 1.54) is 16.5 Å². The molecule has 2 N–H and O–H groups in total. The van der Waals surface area contributed by atoms with Crippen LogP contribution in [0.3, 0.4) is 0 Å². The van der Waals surface area contributed by atoms with Gasteiger partial charge in [-0.2, -0.15) is 0 Å². The van der Waals surface area contributed by atoms with Gasteiger partial charge in [0.2, 0.25) is 5.91 Å². The van der Waals surface area contributed by atoms with E-state index in [-0.39, 0.29) is 5.91 Å². The molecule has 1 amide bonds. The first-order valence-electron chi connectivity index (χ1n) is 11.3. The summed E-state index contributed by atoms with van der Waals surface area (Å²) in [5.41, 5.74) is 2.57. The number of guanidine groups is 1. The molecule has 3 heterocycles. The van der Waals surface area contributed by atoms with E-state index >= 15 is 0 Å². The zero-order valence-corrected chi connectivity index (χ0v) is 18.5. The standard InChI is InChI=1S/C23H34N6O2/c1-24-23(25-8-4-5-19-17-26-21-7-3-2-6-20(19)21)29-11-9-27(10-12-29)18-22(30)28-13-15-31-16-14-28/h2-3,6-7,17,26H,4-5,8-16,18H2,1H3,(H,24,25). The number of fused-ring (bicyclic) bond motifs is 1. The number of ether oxygens (including phenoxy) is 1. The van der Waals surface area contributed by atoms with Gasteiger partial charge < -0.3 is 24.8 Å². The molecule has 2 aliphatic rings. The highest BCUT2D eigenvalue weighted by atomic mass is 16.5. The number of carbonyl (C=O) groups is 1. The lowest BCUT2D eigenvalue weighted by atomic mass is 10.1. The number of H-pyrrole nitrogens is 1. The Hall–Kier alpha value is -2.58. The molecule has 0 aliphatic carbocycles. The van der Waals surface area contributed by atoms with Crippen LogP contribution in [0.4, 0.5) is 0 Å². The third-order valence-electron chi connectivity index (χ3n) is 6.19. The normalized spacial score (nSPS) is 18.5. The first-order valence-corrected chi connectivity index (χ1v) is 11.3. The predicted octanol–water partition coefficient (Wildman–Crippen LogP) is 1.15. The Bertz CT molecular complexity index is 881. The van der Waals surface area contributed by atoms with Gasteiger partial charge in [0.25, 0.3) is 0 Å². The fourth-order valence-electron chi connectivity index (χ4n) is 4.37. The maximum absolute atomic E-state index is 12.5. The maximum Gasteiger partial charge on any atom is 0.236 e. The van der Waals surface area contributed by atoms with E-state index in [0.717, 1.165) is 51.5 Å². The number of para-hydroxylation sites is 1. The number of aromatic amines is 1. The smallest absolute Gasteiger partial charge is 0.236 e. The van der Waals surface area contributed by atoms with Gasteiger partial charge in [-0.3, -0.25) is 14.7 Å². The second kappa shape index (κ2) is 10.6. The van der Waals surface area contributed by atoms with Crippen LogP contribution in [0, 0.1) is 0 Å². The number of morpholine rings is 1. The monoisotopic (exact) mass is 426 g/mol. The Morgan fingerprint density at radius 3 is 2.65 bits per heavy atom. The van der Waals surface area contributed by atoms with E-state index in [1.807, 2.05) is 11.9 Å². The van der Waals surface area contributed by atoms with Gasteiger partial charge in [-0.25, -0.2) is 0 Å². The van der Waals surface area contributed by atoms with Gasteiger partial charge in [0.05, 0.1) is 19.8 Å². The summed E-state index contributed by atoms with van der Waals surface area (Å²) in [6, 6.07) is 8.45. The molecule has 4 rings (SSSR count). The van der Waals surface area contributed by atoms with E-state index < -0.39 is 0 Å². The van der Waals surface area contributed by atoms with Crippen LogP contribution >= 0.6 is 0 Å². The molecule has 1 aromatic carbocycles. The molecule has 0 radical (unpaired) electrons. The summed E-state index contributed by atoms with van der Waals surface area (Å²) in [6.45, 7) is 7.67. The number of rotatable bonds is 6. The average molecular weight is 427 g/mol. The number of hydrogen-bond donors (Lipinski definition) is 2. The number of aliphatic imine (C=N–C) groups is 1. The number of aromatic nitrogens is 1. The van der Waals surface area contributed by atoms with Crippen molar-refractivity contribution in [1.29, 1.82) is 0 Å². The van der Waals surface area contributed by atoms with E-state index in [9.17, 15) is 4.79 Å². The van der Waals surface area contributed by atoms with Crippen molar-refractivity contribution in [3.8, 4) is 0 Å². The Balaban J connectivity index is 1.17. The third kappa shape index (κ3) is 5.57. The van der Waals surface area contributed by atoms with Crippen molar-refractivity contribution in [3.63, 3.8) is 0 Å². The van der Waals surface area contributed by atoms with Gasteiger partial charge in [-0.1, -0.05) is 18.2 Å². The van der Waals surface area contributed by atoms with Crippen molar-refractivity contribution in [3.05, 3.63) is 36.0 Å². The van der Waals surface area contributed by atoms with E-state index in [0.29, 0.717) is 32.8 Å². The molecule has 2 saturated heterocycles. The number of aryl methyl sites for hydroxylation is 1. The minimum absolute atomic E-state index is 0.219. The van der Waals surface area contributed by atoms with E-state index in [1.54, 1.807) is 0 Å². The van der Waals surface area contributed by atoms with Crippen LogP contribution in [-0.2, 0) is 16.0 Å². The lowest BCUT2D eigenvalue weighted by Gasteiger charge is -2.37. The van der Waals surface area contributed by atoms with Gasteiger partial charge in [-0.15, -0.1) is 0 Å². The molecule has 31 heavy (non-hydrogen) atoms. The van der Waals surface area contributed by atoms with Crippen molar-refractivity contribution in [2.45, 2.75) is 12.8 Å². The second-order valence-corrected chi connectivity index (χ2v) is 8.19. The average Bonchev–Trinajstić information content (AvgIpc) is 3.23. The summed E-state index contributed by atoms with van der Waals surface area (Å²) < 4.78 is 5.34. The number of hydrogen-bond acceptors (Lipinski definition) is 4. The molecule has 2 aromatic rings. The van der Waals surface area contributed by atoms with Crippen molar-refractivity contribution >= 4 is 22.8 Å². The minimum Gasteiger partial charge on any atom is -0.378 e. The highest BCUT2D eigenvalue weighted by molar-refractivity contribution is 5.83. The van der Waals surface area contributed by atoms with Crippen molar-refractivity contribution in [2.75, 3.05) is 72.6 Å². The Labute approximate surface area is 184 Å². The predicted molar refractivity (Wildman–Crippen MR) is 123 cm³/mol. The van der Waals surface area contributed by atoms with Crippen LogP contribution in [0.5, 0.6) is 0 Å². The summed E-state index contributed by atoms with van der Waals surface area (Å²) in [6.07, 6.45) is 4.21. The zero-order valence-electron chi connectivity index (χ0n) is 18.5. The lowest BCUT2D eigenvalue weighted by Crippen LogP contribution is -2.55. The second-order valence-electron chi connectivity index (χ2n) is 8.19. The highest BCUT2D eigenvalue weighted by Crippen LogP contribution is 2.18. The summed E-state index contributed by atoms with van der Waals surface area (Å²) in [5, 5.41) is 4.83. The van der Waals surface area contributed by atoms with Gasteiger partial charge in [0, 0.05) is 70.0 Å². The van der Waals surface area contributed by atoms with Crippen molar-refractivity contribution < 1.29 is 9.53 Å². The van der Waals surface area contributed by atoms with Crippen LogP contribution in [0.2, 0.25) is 0 Å². The highest BCUT2D eigenvalue weighted by Gasteiger charge is 2.24. The molecular weight excluding hydrogens is 392 g/mol. The third-order valence-corrected chi connectivity index (χ3v) is 6.19. The fraction of sp³-hybridized carbons (Fsp3) is 0.565. The van der Waals surface area contributed by atoms with Gasteiger partial charge in [0.15, 0.2) is 5.96 Å². The van der Waals surface area contributed by atoms with Gasteiger partial charge in [-0.05, 0) is 24.5 Å². The molecule has 8 heteroatoms. The van der Waals surface area contributed by atoms with Crippen LogP contribution in [0.1, 0.15) is 12.0 Å².